The molecule has 0 unspecified atom stereocenters. The largest absolute Gasteiger partial charge is 0.396 e. The minimum absolute atomic E-state index is 0.223. The zero-order valence-corrected chi connectivity index (χ0v) is 10.5. The first-order valence-corrected chi connectivity index (χ1v) is 6.27. The second kappa shape index (κ2) is 10.9. The van der Waals surface area contributed by atoms with Gasteiger partial charge in [-0.2, -0.15) is 0 Å². The third-order valence-corrected chi connectivity index (χ3v) is 2.67. The van der Waals surface area contributed by atoms with Crippen molar-refractivity contribution in [3.8, 4) is 0 Å². The van der Waals surface area contributed by atoms with Crippen molar-refractivity contribution in [1.82, 2.24) is 4.90 Å². The third kappa shape index (κ3) is 8.68. The Bertz CT molecular complexity index is 174. The van der Waals surface area contributed by atoms with Crippen LogP contribution in [0.4, 0.5) is 0 Å². The first-order chi connectivity index (χ1) is 7.72. The molecule has 0 aromatic carbocycles. The second-order valence-corrected chi connectivity index (χ2v) is 4.20. The third-order valence-electron chi connectivity index (χ3n) is 2.67. The molecular weight excluding hydrogens is 204 g/mol. The molecule has 0 aliphatic rings. The molecule has 0 aliphatic carbocycles. The van der Waals surface area contributed by atoms with Gasteiger partial charge in [0.1, 0.15) is 0 Å². The van der Waals surface area contributed by atoms with Gasteiger partial charge in [0, 0.05) is 26.6 Å². The lowest BCUT2D eigenvalue weighted by atomic mass is 10.1. The van der Waals surface area contributed by atoms with Gasteiger partial charge in [0.05, 0.1) is 0 Å². The summed E-state index contributed by atoms with van der Waals surface area (Å²) < 4.78 is 0. The van der Waals surface area contributed by atoms with Crippen LogP contribution < -0.4 is 5.73 Å². The number of aliphatic hydroxyl groups is 1. The Morgan fingerprint density at radius 3 is 2.44 bits per heavy atom. The number of aliphatic hydroxyl groups excluding tert-OH is 1. The summed E-state index contributed by atoms with van der Waals surface area (Å²) in [6, 6.07) is 0. The Morgan fingerprint density at radius 1 is 1.12 bits per heavy atom. The summed E-state index contributed by atoms with van der Waals surface area (Å²) in [7, 11) is 1.85. The molecule has 4 heteroatoms. The lowest BCUT2D eigenvalue weighted by molar-refractivity contribution is -0.130. The summed E-state index contributed by atoms with van der Waals surface area (Å²) in [4.78, 5) is 13.4. The molecule has 0 atom stereocenters. The zero-order chi connectivity index (χ0) is 12.2. The highest BCUT2D eigenvalue weighted by Gasteiger charge is 2.07. The lowest BCUT2D eigenvalue weighted by Gasteiger charge is -2.16. The highest BCUT2D eigenvalue weighted by atomic mass is 16.2. The van der Waals surface area contributed by atoms with Crippen molar-refractivity contribution >= 4 is 5.91 Å². The number of amides is 1. The van der Waals surface area contributed by atoms with Crippen molar-refractivity contribution < 1.29 is 9.90 Å². The maximum Gasteiger partial charge on any atom is 0.222 e. The highest BCUT2D eigenvalue weighted by molar-refractivity contribution is 5.75. The molecule has 3 N–H and O–H groups in total. The minimum Gasteiger partial charge on any atom is -0.396 e. The Hall–Kier alpha value is -0.610. The van der Waals surface area contributed by atoms with Crippen LogP contribution in [0.15, 0.2) is 0 Å². The van der Waals surface area contributed by atoms with Crippen LogP contribution in [0.1, 0.15) is 44.9 Å². The highest BCUT2D eigenvalue weighted by Crippen LogP contribution is 2.03. The summed E-state index contributed by atoms with van der Waals surface area (Å²) in [5.41, 5.74) is 5.38. The van der Waals surface area contributed by atoms with Crippen LogP contribution in [0.2, 0.25) is 0 Å². The molecule has 0 radical (unpaired) electrons. The summed E-state index contributed by atoms with van der Waals surface area (Å²) >= 11 is 0. The van der Waals surface area contributed by atoms with Crippen LogP contribution in [0.5, 0.6) is 0 Å². The van der Waals surface area contributed by atoms with E-state index < -0.39 is 0 Å². The van der Waals surface area contributed by atoms with E-state index in [4.69, 9.17) is 10.8 Å². The van der Waals surface area contributed by atoms with Crippen LogP contribution in [0, 0.1) is 0 Å². The van der Waals surface area contributed by atoms with Crippen LogP contribution >= 0.6 is 0 Å². The van der Waals surface area contributed by atoms with Crippen molar-refractivity contribution in [3.05, 3.63) is 0 Å². The average Bonchev–Trinajstić information content (AvgIpc) is 2.29. The Morgan fingerprint density at radius 2 is 1.81 bits per heavy atom. The zero-order valence-electron chi connectivity index (χ0n) is 10.5. The van der Waals surface area contributed by atoms with Gasteiger partial charge in [-0.05, 0) is 38.6 Å². The number of hydrogen-bond acceptors (Lipinski definition) is 3. The topological polar surface area (TPSA) is 66.6 Å². The number of unbranched alkanes of at least 4 members (excludes halogenated alkanes) is 4. The van der Waals surface area contributed by atoms with Crippen LogP contribution in [-0.4, -0.2) is 42.7 Å². The fraction of sp³-hybridized carbons (Fsp3) is 0.917. The molecule has 0 aromatic rings. The second-order valence-electron chi connectivity index (χ2n) is 4.20. The van der Waals surface area contributed by atoms with Crippen LogP contribution in [0.3, 0.4) is 0 Å². The van der Waals surface area contributed by atoms with E-state index in [0.717, 1.165) is 45.1 Å². The molecule has 0 saturated heterocycles. The fourth-order valence-corrected chi connectivity index (χ4v) is 1.55. The number of nitrogens with two attached hydrogens (primary N) is 1. The van der Waals surface area contributed by atoms with E-state index in [-0.39, 0.29) is 12.5 Å². The van der Waals surface area contributed by atoms with Gasteiger partial charge < -0.3 is 15.7 Å². The fourth-order valence-electron chi connectivity index (χ4n) is 1.55. The Kier molecular flexibility index (Phi) is 10.5. The molecular formula is C12H26N2O2. The molecule has 0 spiro atoms. The standard InChI is InChI=1S/C12H26N2O2/c1-14(10-6-3-7-11-15)12(16)8-4-2-5-9-13/h15H,2-11,13H2,1H3. The van der Waals surface area contributed by atoms with Crippen LogP contribution in [0.25, 0.3) is 0 Å². The van der Waals surface area contributed by atoms with Gasteiger partial charge in [-0.3, -0.25) is 4.79 Å². The smallest absolute Gasteiger partial charge is 0.222 e. The molecule has 0 aliphatic heterocycles. The molecule has 0 aromatic heterocycles. The molecule has 1 amide bonds. The monoisotopic (exact) mass is 230 g/mol. The van der Waals surface area contributed by atoms with Gasteiger partial charge in [0.2, 0.25) is 5.91 Å². The van der Waals surface area contributed by atoms with Gasteiger partial charge in [-0.25, -0.2) is 0 Å². The van der Waals surface area contributed by atoms with E-state index in [2.05, 4.69) is 0 Å². The van der Waals surface area contributed by atoms with E-state index in [9.17, 15) is 4.79 Å². The summed E-state index contributed by atoms with van der Waals surface area (Å²) in [6.07, 6.45) is 6.42. The average molecular weight is 230 g/mol. The molecule has 96 valence electrons. The predicted octanol–water partition coefficient (Wildman–Crippen LogP) is 1.13. The first-order valence-electron chi connectivity index (χ1n) is 6.27. The predicted molar refractivity (Wildman–Crippen MR) is 66.1 cm³/mol. The summed E-state index contributed by atoms with van der Waals surface area (Å²) in [6.45, 7) is 1.76. The molecule has 16 heavy (non-hydrogen) atoms. The number of hydrogen-bond donors (Lipinski definition) is 2. The Labute approximate surface area is 98.8 Å². The molecule has 0 heterocycles. The normalized spacial score (nSPS) is 10.4. The quantitative estimate of drug-likeness (QED) is 0.553. The summed E-state index contributed by atoms with van der Waals surface area (Å²) in [5, 5.41) is 8.62. The maximum absolute atomic E-state index is 11.6. The van der Waals surface area contributed by atoms with Crippen molar-refractivity contribution in [2.45, 2.75) is 44.9 Å². The number of nitrogens with zero attached hydrogens (tertiary/aromatic N) is 1. The number of rotatable bonds is 10. The van der Waals surface area contributed by atoms with E-state index in [1.165, 1.54) is 0 Å². The molecule has 0 fully saturated rings. The lowest BCUT2D eigenvalue weighted by Crippen LogP contribution is -2.27. The van der Waals surface area contributed by atoms with E-state index in [1.54, 1.807) is 4.90 Å². The van der Waals surface area contributed by atoms with Crippen molar-refractivity contribution in [3.63, 3.8) is 0 Å². The van der Waals surface area contributed by atoms with E-state index >= 15 is 0 Å². The van der Waals surface area contributed by atoms with Crippen molar-refractivity contribution in [1.29, 1.82) is 0 Å². The maximum atomic E-state index is 11.6. The van der Waals surface area contributed by atoms with Gasteiger partial charge >= 0.3 is 0 Å². The molecule has 0 bridgehead atoms. The number of carbonyl (C=O) groups excluding carboxylic acids is 1. The van der Waals surface area contributed by atoms with E-state index in [0.29, 0.717) is 13.0 Å². The summed E-state index contributed by atoms with van der Waals surface area (Å²) in [5.74, 6) is 0.223. The minimum atomic E-state index is 0.223. The van der Waals surface area contributed by atoms with Gasteiger partial charge in [-0.1, -0.05) is 6.42 Å². The SMILES string of the molecule is CN(CCCCCO)C(=O)CCCCCN. The van der Waals surface area contributed by atoms with E-state index in [1.807, 2.05) is 7.05 Å². The molecule has 0 rings (SSSR count). The Balaban J connectivity index is 3.42. The molecule has 0 saturated carbocycles. The van der Waals surface area contributed by atoms with Gasteiger partial charge in [-0.15, -0.1) is 0 Å². The first kappa shape index (κ1) is 15.4. The van der Waals surface area contributed by atoms with Crippen molar-refractivity contribution in [2.75, 3.05) is 26.7 Å². The number of carbonyl (C=O) groups is 1. The van der Waals surface area contributed by atoms with Gasteiger partial charge in [0.25, 0.3) is 0 Å². The van der Waals surface area contributed by atoms with Crippen molar-refractivity contribution in [2.24, 2.45) is 5.73 Å². The molecule has 4 nitrogen and oxygen atoms in total. The van der Waals surface area contributed by atoms with Crippen LogP contribution in [-0.2, 0) is 4.79 Å². The van der Waals surface area contributed by atoms with Gasteiger partial charge in [0.15, 0.2) is 0 Å².